The van der Waals surface area contributed by atoms with Gasteiger partial charge in [-0.3, -0.25) is 9.59 Å². The molecule has 0 aromatic carbocycles. The summed E-state index contributed by atoms with van der Waals surface area (Å²) in [7, 11) is 1.62. The van der Waals surface area contributed by atoms with Gasteiger partial charge in [-0.25, -0.2) is 9.50 Å². The van der Waals surface area contributed by atoms with Gasteiger partial charge in [-0.2, -0.15) is 5.10 Å². The van der Waals surface area contributed by atoms with E-state index < -0.39 is 0 Å². The lowest BCUT2D eigenvalue weighted by molar-refractivity contribution is -0.139. The topological polar surface area (TPSA) is 80.0 Å². The van der Waals surface area contributed by atoms with E-state index in [1.54, 1.807) is 12.0 Å². The van der Waals surface area contributed by atoms with Gasteiger partial charge in [0.1, 0.15) is 0 Å². The second-order valence-electron chi connectivity index (χ2n) is 8.15. The Morgan fingerprint density at radius 3 is 3.00 bits per heavy atom. The van der Waals surface area contributed by atoms with Crippen molar-refractivity contribution >= 4 is 17.5 Å². The van der Waals surface area contributed by atoms with E-state index in [1.807, 2.05) is 28.6 Å². The average molecular weight is 383 g/mol. The molecule has 2 saturated heterocycles. The third-order valence-electron chi connectivity index (χ3n) is 6.41. The summed E-state index contributed by atoms with van der Waals surface area (Å²) in [5.41, 5.74) is 4.11. The van der Waals surface area contributed by atoms with Crippen molar-refractivity contribution in [2.24, 2.45) is 5.92 Å². The maximum absolute atomic E-state index is 13.4. The number of aryl methyl sites for hydroxylation is 1. The van der Waals surface area contributed by atoms with Gasteiger partial charge in [0.05, 0.1) is 30.0 Å². The van der Waals surface area contributed by atoms with Crippen LogP contribution < -0.4 is 0 Å². The molecule has 148 valence electrons. The highest BCUT2D eigenvalue weighted by molar-refractivity contribution is 5.90. The van der Waals surface area contributed by atoms with Crippen LogP contribution in [0.2, 0.25) is 0 Å². The van der Waals surface area contributed by atoms with E-state index in [2.05, 4.69) is 10.1 Å². The molecule has 2 aromatic heterocycles. The predicted molar refractivity (Wildman–Crippen MR) is 101 cm³/mol. The first-order valence-electron chi connectivity index (χ1n) is 10.00. The maximum Gasteiger partial charge on any atom is 0.228 e. The first kappa shape index (κ1) is 17.6. The molecule has 2 bridgehead atoms. The van der Waals surface area contributed by atoms with E-state index in [0.29, 0.717) is 26.1 Å². The lowest BCUT2D eigenvalue weighted by Crippen LogP contribution is -2.46. The largest absolute Gasteiger partial charge is 0.383 e. The van der Waals surface area contributed by atoms with E-state index in [-0.39, 0.29) is 29.8 Å². The Kier molecular flexibility index (Phi) is 4.12. The summed E-state index contributed by atoms with van der Waals surface area (Å²) in [6.45, 7) is 3.52. The molecule has 3 unspecified atom stereocenters. The molecule has 0 radical (unpaired) electrons. The van der Waals surface area contributed by atoms with Crippen molar-refractivity contribution in [2.45, 2.75) is 44.7 Å². The van der Waals surface area contributed by atoms with Gasteiger partial charge in [0, 0.05) is 56.9 Å². The minimum absolute atomic E-state index is 0.0470. The fraction of sp³-hybridized carbons (Fsp3) is 0.600. The normalized spacial score (nSPS) is 26.4. The first-order chi connectivity index (χ1) is 13.6. The lowest BCUT2D eigenvalue weighted by atomic mass is 9.96. The molecular formula is C20H25N5O3. The quantitative estimate of drug-likeness (QED) is 0.791. The fourth-order valence-corrected chi connectivity index (χ4v) is 5.10. The van der Waals surface area contributed by atoms with Gasteiger partial charge in [-0.05, 0) is 19.8 Å². The molecule has 5 heterocycles. The van der Waals surface area contributed by atoms with E-state index in [1.165, 1.54) is 5.69 Å². The molecule has 28 heavy (non-hydrogen) atoms. The van der Waals surface area contributed by atoms with Gasteiger partial charge >= 0.3 is 0 Å². The summed E-state index contributed by atoms with van der Waals surface area (Å²) in [6, 6.07) is 2.22. The summed E-state index contributed by atoms with van der Waals surface area (Å²) in [5.74, 6) is -0.0867. The smallest absolute Gasteiger partial charge is 0.228 e. The van der Waals surface area contributed by atoms with Gasteiger partial charge in [-0.15, -0.1) is 0 Å². The van der Waals surface area contributed by atoms with Crippen LogP contribution in [-0.2, 0) is 20.7 Å². The van der Waals surface area contributed by atoms with Crippen molar-refractivity contribution in [2.75, 3.05) is 26.8 Å². The molecule has 0 saturated carbocycles. The molecule has 0 spiro atoms. The predicted octanol–water partition coefficient (Wildman–Crippen LogP) is 1.12. The molecule has 2 fully saturated rings. The number of ether oxygens (including phenoxy) is 1. The lowest BCUT2D eigenvalue weighted by Gasteiger charge is -2.37. The minimum atomic E-state index is -0.252. The molecule has 2 amide bonds. The van der Waals surface area contributed by atoms with Crippen LogP contribution in [0.15, 0.2) is 12.3 Å². The highest BCUT2D eigenvalue weighted by Gasteiger charge is 2.47. The molecule has 0 aliphatic carbocycles. The van der Waals surface area contributed by atoms with Gasteiger partial charge < -0.3 is 14.5 Å². The number of carbonyl (C=O) groups excluding carboxylic acids is 2. The van der Waals surface area contributed by atoms with Crippen LogP contribution in [0.1, 0.15) is 42.3 Å². The Labute approximate surface area is 163 Å². The van der Waals surface area contributed by atoms with Crippen LogP contribution in [0.4, 0.5) is 0 Å². The first-order valence-corrected chi connectivity index (χ1v) is 10.00. The number of aromatic nitrogens is 3. The number of carbonyl (C=O) groups is 2. The van der Waals surface area contributed by atoms with Gasteiger partial charge in [0.15, 0.2) is 5.65 Å². The number of methoxy groups -OCH3 is 1. The average Bonchev–Trinajstić information content (AvgIpc) is 3.33. The third kappa shape index (κ3) is 2.62. The van der Waals surface area contributed by atoms with Crippen molar-refractivity contribution in [1.29, 1.82) is 0 Å². The molecular weight excluding hydrogens is 358 g/mol. The van der Waals surface area contributed by atoms with Crippen molar-refractivity contribution in [3.63, 3.8) is 0 Å². The SMILES string of the molecule is COCCN1CC(C(=O)N2C3CCC2c2cnc4cc(C)nn4c2C3)CC1=O. The molecule has 3 atom stereocenters. The molecule has 8 nitrogen and oxygen atoms in total. The van der Waals surface area contributed by atoms with Crippen molar-refractivity contribution in [3.8, 4) is 0 Å². The van der Waals surface area contributed by atoms with Gasteiger partial charge in [0.25, 0.3) is 0 Å². The third-order valence-corrected chi connectivity index (χ3v) is 6.41. The Morgan fingerprint density at radius 1 is 1.32 bits per heavy atom. The van der Waals surface area contributed by atoms with Crippen LogP contribution in [0.3, 0.4) is 0 Å². The van der Waals surface area contributed by atoms with E-state index >= 15 is 0 Å². The molecule has 3 aliphatic heterocycles. The number of amides is 2. The number of likely N-dealkylation sites (tertiary alicyclic amines) is 1. The maximum atomic E-state index is 13.4. The monoisotopic (exact) mass is 383 g/mol. The van der Waals surface area contributed by atoms with E-state index in [4.69, 9.17) is 4.74 Å². The molecule has 8 heteroatoms. The van der Waals surface area contributed by atoms with Crippen molar-refractivity contribution in [3.05, 3.63) is 29.2 Å². The molecule has 3 aliphatic rings. The number of hydrogen-bond donors (Lipinski definition) is 0. The van der Waals surface area contributed by atoms with Crippen molar-refractivity contribution < 1.29 is 14.3 Å². The fourth-order valence-electron chi connectivity index (χ4n) is 5.10. The highest BCUT2D eigenvalue weighted by Crippen LogP contribution is 2.44. The summed E-state index contributed by atoms with van der Waals surface area (Å²) >= 11 is 0. The zero-order chi connectivity index (χ0) is 19.4. The summed E-state index contributed by atoms with van der Waals surface area (Å²) in [6.07, 6.45) is 4.96. The minimum Gasteiger partial charge on any atom is -0.383 e. The standard InChI is InChI=1S/C20H25N5O3/c1-12-7-18-21-10-15-16-4-3-14(9-17(15)25(18)22-12)24(16)20(27)13-8-19(26)23(11-13)5-6-28-2/h7,10,13-14,16H,3-6,8-9,11H2,1-2H3. The Bertz CT molecular complexity index is 955. The van der Waals surface area contributed by atoms with Crippen LogP contribution in [0.5, 0.6) is 0 Å². The van der Waals surface area contributed by atoms with Crippen LogP contribution >= 0.6 is 0 Å². The Morgan fingerprint density at radius 2 is 2.18 bits per heavy atom. The second kappa shape index (κ2) is 6.55. The summed E-state index contributed by atoms with van der Waals surface area (Å²) in [5, 5.41) is 4.61. The van der Waals surface area contributed by atoms with Crippen LogP contribution in [0.25, 0.3) is 5.65 Å². The van der Waals surface area contributed by atoms with Crippen LogP contribution in [0, 0.1) is 12.8 Å². The zero-order valence-corrected chi connectivity index (χ0v) is 16.3. The number of fused-ring (bicyclic) bond motifs is 6. The zero-order valence-electron chi connectivity index (χ0n) is 16.3. The van der Waals surface area contributed by atoms with Crippen LogP contribution in [-0.4, -0.2) is 69.1 Å². The number of rotatable bonds is 4. The van der Waals surface area contributed by atoms with E-state index in [9.17, 15) is 9.59 Å². The molecule has 2 aromatic rings. The summed E-state index contributed by atoms with van der Waals surface area (Å²) < 4.78 is 7.03. The summed E-state index contributed by atoms with van der Waals surface area (Å²) in [4.78, 5) is 34.0. The molecule has 5 rings (SSSR count). The number of hydrogen-bond acceptors (Lipinski definition) is 5. The van der Waals surface area contributed by atoms with Crippen molar-refractivity contribution in [1.82, 2.24) is 24.4 Å². The second-order valence-corrected chi connectivity index (χ2v) is 8.15. The van der Waals surface area contributed by atoms with E-state index in [0.717, 1.165) is 36.2 Å². The van der Waals surface area contributed by atoms with Gasteiger partial charge in [-0.1, -0.05) is 0 Å². The highest BCUT2D eigenvalue weighted by atomic mass is 16.5. The molecule has 0 N–H and O–H groups in total. The Balaban J connectivity index is 1.41. The number of nitrogens with zero attached hydrogens (tertiary/aromatic N) is 5. The Hall–Kier alpha value is -2.48. The van der Waals surface area contributed by atoms with Gasteiger partial charge in [0.2, 0.25) is 11.8 Å².